The summed E-state index contributed by atoms with van der Waals surface area (Å²) in [7, 11) is 0. The standard InChI is InChI=1S/C24H30N4O4/c1-24(2,3)32-23(31)26-18-9-7-8-17(14-18)22(30)27-19-15-16(21(25)29)10-11-20(19)28-12-5-4-6-13-28/h7-11,14-15H,4-6,12-13H2,1-3H3,(H2,25,29)(H,26,31)(H,27,30). The van der Waals surface area contributed by atoms with E-state index in [9.17, 15) is 14.4 Å². The molecule has 170 valence electrons. The molecule has 8 nitrogen and oxygen atoms in total. The second-order valence-corrected chi connectivity index (χ2v) is 8.81. The number of rotatable bonds is 5. The van der Waals surface area contributed by atoms with E-state index in [2.05, 4.69) is 15.5 Å². The third-order valence-electron chi connectivity index (χ3n) is 5.00. The third kappa shape index (κ3) is 6.23. The first-order chi connectivity index (χ1) is 15.1. The highest BCUT2D eigenvalue weighted by atomic mass is 16.6. The minimum absolute atomic E-state index is 0.321. The van der Waals surface area contributed by atoms with Gasteiger partial charge in [0, 0.05) is 29.9 Å². The Hall–Kier alpha value is -3.55. The van der Waals surface area contributed by atoms with Gasteiger partial charge in [-0.2, -0.15) is 0 Å². The van der Waals surface area contributed by atoms with Crippen molar-refractivity contribution in [1.29, 1.82) is 0 Å². The Morgan fingerprint density at radius 1 is 0.938 bits per heavy atom. The summed E-state index contributed by atoms with van der Waals surface area (Å²) in [4.78, 5) is 38.9. The molecule has 3 rings (SSSR count). The number of primary amides is 1. The highest BCUT2D eigenvalue weighted by molar-refractivity contribution is 6.07. The van der Waals surface area contributed by atoms with Crippen LogP contribution < -0.4 is 21.3 Å². The molecule has 1 aliphatic heterocycles. The quantitative estimate of drug-likeness (QED) is 0.641. The van der Waals surface area contributed by atoms with E-state index in [0.717, 1.165) is 31.6 Å². The first-order valence-corrected chi connectivity index (χ1v) is 10.7. The maximum atomic E-state index is 13.0. The molecule has 2 aromatic carbocycles. The molecule has 1 heterocycles. The number of carbonyl (C=O) groups excluding carboxylic acids is 3. The van der Waals surface area contributed by atoms with E-state index in [4.69, 9.17) is 10.5 Å². The number of ether oxygens (including phenoxy) is 1. The molecule has 0 radical (unpaired) electrons. The molecule has 0 aliphatic carbocycles. The number of hydrogen-bond acceptors (Lipinski definition) is 5. The Morgan fingerprint density at radius 2 is 1.66 bits per heavy atom. The van der Waals surface area contributed by atoms with Crippen LogP contribution in [0.25, 0.3) is 0 Å². The molecule has 1 fully saturated rings. The number of nitrogens with zero attached hydrogens (tertiary/aromatic N) is 1. The molecule has 0 unspecified atom stereocenters. The predicted molar refractivity (Wildman–Crippen MR) is 125 cm³/mol. The molecule has 0 spiro atoms. The fraction of sp³-hybridized carbons (Fsp3) is 0.375. The first-order valence-electron chi connectivity index (χ1n) is 10.7. The number of hydrogen-bond donors (Lipinski definition) is 3. The summed E-state index contributed by atoms with van der Waals surface area (Å²) in [6, 6.07) is 11.7. The fourth-order valence-electron chi connectivity index (χ4n) is 3.55. The SMILES string of the molecule is CC(C)(C)OC(=O)Nc1cccc(C(=O)Nc2cc(C(N)=O)ccc2N2CCCCC2)c1. The van der Waals surface area contributed by atoms with Crippen LogP contribution in [0.4, 0.5) is 21.9 Å². The van der Waals surface area contributed by atoms with Crippen molar-refractivity contribution in [3.8, 4) is 0 Å². The molecule has 32 heavy (non-hydrogen) atoms. The average molecular weight is 439 g/mol. The van der Waals surface area contributed by atoms with Gasteiger partial charge in [0.15, 0.2) is 0 Å². The van der Waals surface area contributed by atoms with Gasteiger partial charge in [0.25, 0.3) is 5.91 Å². The van der Waals surface area contributed by atoms with Crippen LogP contribution in [0.3, 0.4) is 0 Å². The lowest BCUT2D eigenvalue weighted by Gasteiger charge is -2.30. The summed E-state index contributed by atoms with van der Waals surface area (Å²) in [6.45, 7) is 7.09. The molecular weight excluding hydrogens is 408 g/mol. The molecule has 0 aromatic heterocycles. The Kier molecular flexibility index (Phi) is 7.02. The van der Waals surface area contributed by atoms with Crippen molar-refractivity contribution in [3.05, 3.63) is 53.6 Å². The van der Waals surface area contributed by atoms with E-state index in [0.29, 0.717) is 22.5 Å². The number of piperidine rings is 1. The highest BCUT2D eigenvalue weighted by Crippen LogP contribution is 2.30. The topological polar surface area (TPSA) is 114 Å². The van der Waals surface area contributed by atoms with Gasteiger partial charge in [0.2, 0.25) is 5.91 Å². The van der Waals surface area contributed by atoms with Crippen LogP contribution in [0, 0.1) is 0 Å². The van der Waals surface area contributed by atoms with Crippen LogP contribution in [-0.2, 0) is 4.74 Å². The van der Waals surface area contributed by atoms with Crippen LogP contribution in [0.2, 0.25) is 0 Å². The van der Waals surface area contributed by atoms with Gasteiger partial charge in [-0.25, -0.2) is 4.79 Å². The summed E-state index contributed by atoms with van der Waals surface area (Å²) >= 11 is 0. The maximum Gasteiger partial charge on any atom is 0.412 e. The molecule has 0 bridgehead atoms. The summed E-state index contributed by atoms with van der Waals surface area (Å²) in [5, 5.41) is 5.54. The van der Waals surface area contributed by atoms with Crippen molar-refractivity contribution in [2.24, 2.45) is 5.73 Å². The van der Waals surface area contributed by atoms with E-state index < -0.39 is 17.6 Å². The van der Waals surface area contributed by atoms with Crippen LogP contribution in [0.1, 0.15) is 60.7 Å². The van der Waals surface area contributed by atoms with Gasteiger partial charge in [-0.1, -0.05) is 6.07 Å². The zero-order chi connectivity index (χ0) is 23.3. The van der Waals surface area contributed by atoms with Crippen LogP contribution in [0.5, 0.6) is 0 Å². The number of carbonyl (C=O) groups is 3. The van der Waals surface area contributed by atoms with Gasteiger partial charge in [0.1, 0.15) is 5.60 Å². The second-order valence-electron chi connectivity index (χ2n) is 8.81. The van der Waals surface area contributed by atoms with Gasteiger partial charge >= 0.3 is 6.09 Å². The molecule has 0 atom stereocenters. The van der Waals surface area contributed by atoms with E-state index in [1.165, 1.54) is 6.42 Å². The molecule has 1 aliphatic rings. The lowest BCUT2D eigenvalue weighted by atomic mass is 10.1. The first kappa shape index (κ1) is 23.1. The Bertz CT molecular complexity index is 1010. The molecule has 1 saturated heterocycles. The summed E-state index contributed by atoms with van der Waals surface area (Å²) < 4.78 is 5.26. The van der Waals surface area contributed by atoms with Crippen molar-refractivity contribution in [3.63, 3.8) is 0 Å². The van der Waals surface area contributed by atoms with Gasteiger partial charge in [-0.15, -0.1) is 0 Å². The lowest BCUT2D eigenvalue weighted by molar-refractivity contribution is 0.0635. The van der Waals surface area contributed by atoms with Crippen molar-refractivity contribution >= 4 is 35.0 Å². The molecule has 0 saturated carbocycles. The Labute approximate surface area is 188 Å². The molecule has 8 heteroatoms. The third-order valence-corrected chi connectivity index (χ3v) is 5.00. The summed E-state index contributed by atoms with van der Waals surface area (Å²) in [5.41, 5.74) is 7.31. The highest BCUT2D eigenvalue weighted by Gasteiger charge is 2.19. The fourth-order valence-corrected chi connectivity index (χ4v) is 3.55. The van der Waals surface area contributed by atoms with Crippen LogP contribution in [0.15, 0.2) is 42.5 Å². The van der Waals surface area contributed by atoms with E-state index in [1.54, 1.807) is 57.2 Å². The zero-order valence-electron chi connectivity index (χ0n) is 18.7. The molecular formula is C24H30N4O4. The van der Waals surface area contributed by atoms with Crippen LogP contribution >= 0.6 is 0 Å². The monoisotopic (exact) mass is 438 g/mol. The number of benzene rings is 2. The van der Waals surface area contributed by atoms with Crippen molar-refractivity contribution in [1.82, 2.24) is 0 Å². The van der Waals surface area contributed by atoms with Gasteiger partial charge in [0.05, 0.1) is 11.4 Å². The number of nitrogens with one attached hydrogen (secondary N) is 2. The lowest BCUT2D eigenvalue weighted by Crippen LogP contribution is -2.30. The zero-order valence-corrected chi connectivity index (χ0v) is 18.7. The Morgan fingerprint density at radius 3 is 2.31 bits per heavy atom. The van der Waals surface area contributed by atoms with E-state index >= 15 is 0 Å². The van der Waals surface area contributed by atoms with Crippen LogP contribution in [-0.4, -0.2) is 36.6 Å². The minimum atomic E-state index is -0.630. The normalized spacial score (nSPS) is 13.9. The van der Waals surface area contributed by atoms with Crippen molar-refractivity contribution in [2.45, 2.75) is 45.6 Å². The summed E-state index contributed by atoms with van der Waals surface area (Å²) in [6.07, 6.45) is 2.72. The van der Waals surface area contributed by atoms with Gasteiger partial charge in [-0.3, -0.25) is 14.9 Å². The largest absolute Gasteiger partial charge is 0.444 e. The number of amides is 3. The van der Waals surface area contributed by atoms with E-state index in [-0.39, 0.29) is 5.91 Å². The average Bonchev–Trinajstić information content (AvgIpc) is 2.73. The van der Waals surface area contributed by atoms with Crippen molar-refractivity contribution in [2.75, 3.05) is 28.6 Å². The predicted octanol–water partition coefficient (Wildman–Crippen LogP) is 4.38. The van der Waals surface area contributed by atoms with E-state index in [1.807, 2.05) is 6.07 Å². The molecule has 3 amide bonds. The van der Waals surface area contributed by atoms with Crippen molar-refractivity contribution < 1.29 is 19.1 Å². The number of anilines is 3. The maximum absolute atomic E-state index is 13.0. The summed E-state index contributed by atoms with van der Waals surface area (Å²) in [5.74, 6) is -0.924. The van der Waals surface area contributed by atoms with Gasteiger partial charge in [-0.05, 0) is 76.4 Å². The number of nitrogens with two attached hydrogens (primary N) is 1. The smallest absolute Gasteiger partial charge is 0.412 e. The second kappa shape index (κ2) is 9.72. The Balaban J connectivity index is 1.81. The van der Waals surface area contributed by atoms with Gasteiger partial charge < -0.3 is 20.7 Å². The molecule has 2 aromatic rings. The minimum Gasteiger partial charge on any atom is -0.444 e. The molecule has 4 N–H and O–H groups in total.